The van der Waals surface area contributed by atoms with Gasteiger partial charge in [-0.05, 0) is 36.4 Å². The zero-order valence-electron chi connectivity index (χ0n) is 12.2. The Morgan fingerprint density at radius 2 is 1.92 bits per heavy atom. The van der Waals surface area contributed by atoms with E-state index in [0.29, 0.717) is 22.3 Å². The second-order valence-electron chi connectivity index (χ2n) is 4.95. The van der Waals surface area contributed by atoms with Gasteiger partial charge < -0.3 is 14.2 Å². The minimum Gasteiger partial charge on any atom is -0.454 e. The molecule has 0 saturated carbocycles. The Kier molecular flexibility index (Phi) is 3.62. The lowest BCUT2D eigenvalue weighted by Crippen LogP contribution is -2.08. The Morgan fingerprint density at radius 1 is 1.12 bits per heavy atom. The van der Waals surface area contributed by atoms with E-state index in [9.17, 15) is 9.18 Å². The van der Waals surface area contributed by atoms with Gasteiger partial charge in [0.1, 0.15) is 16.6 Å². The molecule has 4 rings (SSSR count). The first-order valence-corrected chi connectivity index (χ1v) is 7.90. The van der Waals surface area contributed by atoms with Gasteiger partial charge in [-0.1, -0.05) is 0 Å². The van der Waals surface area contributed by atoms with Crippen LogP contribution >= 0.6 is 11.3 Å². The second-order valence-corrected chi connectivity index (χ2v) is 5.81. The normalized spacial score (nSPS) is 12.2. The summed E-state index contributed by atoms with van der Waals surface area (Å²) in [4.78, 5) is 16.4. The van der Waals surface area contributed by atoms with Crippen LogP contribution in [0.5, 0.6) is 17.2 Å². The summed E-state index contributed by atoms with van der Waals surface area (Å²) in [5.41, 5.74) is 0.931. The van der Waals surface area contributed by atoms with Crippen LogP contribution in [0.2, 0.25) is 0 Å². The van der Waals surface area contributed by atoms with Crippen LogP contribution in [0.1, 0.15) is 10.5 Å². The van der Waals surface area contributed by atoms with Crippen molar-refractivity contribution in [1.29, 1.82) is 0 Å². The topological polar surface area (TPSA) is 57.7 Å². The van der Waals surface area contributed by atoms with Crippen LogP contribution in [0.15, 0.2) is 47.8 Å². The van der Waals surface area contributed by atoms with Crippen molar-refractivity contribution in [2.45, 2.75) is 0 Å². The van der Waals surface area contributed by atoms with Crippen LogP contribution in [0.3, 0.4) is 0 Å². The fraction of sp³-hybridized carbons (Fsp3) is 0.0588. The third kappa shape index (κ3) is 2.81. The molecule has 0 fully saturated rings. The molecule has 3 aromatic rings. The summed E-state index contributed by atoms with van der Waals surface area (Å²) in [5, 5.41) is 2.22. The van der Waals surface area contributed by atoms with Crippen molar-refractivity contribution < 1.29 is 23.4 Å². The Balaban J connectivity index is 1.52. The molecule has 0 saturated heterocycles. The predicted octanol–water partition coefficient (Wildman–Crippen LogP) is 3.90. The molecule has 0 amide bonds. The Labute approximate surface area is 140 Å². The summed E-state index contributed by atoms with van der Waals surface area (Å²) in [7, 11) is 0. The number of hydrogen-bond donors (Lipinski definition) is 0. The Bertz CT molecular complexity index is 907. The fourth-order valence-electron chi connectivity index (χ4n) is 2.19. The minimum atomic E-state index is -0.571. The van der Waals surface area contributed by atoms with Gasteiger partial charge >= 0.3 is 5.97 Å². The fourth-order valence-corrected chi connectivity index (χ4v) is 2.99. The molecule has 120 valence electrons. The number of fused-ring (bicyclic) bond motifs is 1. The van der Waals surface area contributed by atoms with Crippen LogP contribution in [0.25, 0.3) is 10.6 Å². The van der Waals surface area contributed by atoms with E-state index < -0.39 is 5.97 Å². The lowest BCUT2D eigenvalue weighted by molar-refractivity contribution is 0.0729. The monoisotopic (exact) mass is 343 g/mol. The number of rotatable bonds is 3. The SMILES string of the molecule is O=C(Oc1ccc2c(c1)OCO2)c1csc(-c2ccc(F)cc2)n1. The van der Waals surface area contributed by atoms with E-state index in [1.165, 1.54) is 23.5 Å². The predicted molar refractivity (Wildman–Crippen MR) is 85.0 cm³/mol. The van der Waals surface area contributed by atoms with Gasteiger partial charge in [0.15, 0.2) is 17.2 Å². The Hall–Kier alpha value is -2.93. The van der Waals surface area contributed by atoms with E-state index in [4.69, 9.17) is 14.2 Å². The third-order valence-corrected chi connectivity index (χ3v) is 4.25. The average molecular weight is 343 g/mol. The largest absolute Gasteiger partial charge is 0.454 e. The van der Waals surface area contributed by atoms with E-state index in [2.05, 4.69) is 4.98 Å². The van der Waals surface area contributed by atoms with E-state index in [0.717, 1.165) is 5.56 Å². The van der Waals surface area contributed by atoms with E-state index >= 15 is 0 Å². The summed E-state index contributed by atoms with van der Waals surface area (Å²) in [6.45, 7) is 0.153. The second kappa shape index (κ2) is 5.93. The van der Waals surface area contributed by atoms with Crippen LogP contribution in [-0.4, -0.2) is 17.7 Å². The zero-order chi connectivity index (χ0) is 16.5. The lowest BCUT2D eigenvalue weighted by Gasteiger charge is -2.03. The molecule has 24 heavy (non-hydrogen) atoms. The maximum atomic E-state index is 13.0. The van der Waals surface area contributed by atoms with Crippen LogP contribution in [0, 0.1) is 5.82 Å². The number of esters is 1. The van der Waals surface area contributed by atoms with Crippen molar-refractivity contribution in [1.82, 2.24) is 4.98 Å². The molecule has 0 spiro atoms. The highest BCUT2D eigenvalue weighted by Gasteiger charge is 2.18. The number of aromatic nitrogens is 1. The number of benzene rings is 2. The average Bonchev–Trinajstić information content (AvgIpc) is 3.24. The van der Waals surface area contributed by atoms with Crippen LogP contribution < -0.4 is 14.2 Å². The number of thiazole rings is 1. The van der Waals surface area contributed by atoms with Crippen LogP contribution in [0.4, 0.5) is 4.39 Å². The van der Waals surface area contributed by atoms with Gasteiger partial charge in [0.05, 0.1) is 0 Å². The number of carbonyl (C=O) groups is 1. The molecular formula is C17H10FNO4S. The highest BCUT2D eigenvalue weighted by molar-refractivity contribution is 7.13. The van der Waals surface area contributed by atoms with Gasteiger partial charge in [0, 0.05) is 17.0 Å². The molecule has 2 heterocycles. The maximum absolute atomic E-state index is 13.0. The molecule has 0 N–H and O–H groups in total. The minimum absolute atomic E-state index is 0.153. The summed E-state index contributed by atoms with van der Waals surface area (Å²) in [6, 6.07) is 10.8. The molecule has 0 radical (unpaired) electrons. The third-order valence-electron chi connectivity index (χ3n) is 3.36. The summed E-state index contributed by atoms with van der Waals surface area (Å²) in [6.07, 6.45) is 0. The van der Waals surface area contributed by atoms with Gasteiger partial charge in [0.2, 0.25) is 6.79 Å². The van der Waals surface area contributed by atoms with Gasteiger partial charge in [-0.3, -0.25) is 0 Å². The molecule has 1 aromatic heterocycles. The number of halogens is 1. The van der Waals surface area contributed by atoms with Gasteiger partial charge in [-0.2, -0.15) is 0 Å². The molecular weight excluding hydrogens is 333 g/mol. The maximum Gasteiger partial charge on any atom is 0.363 e. The smallest absolute Gasteiger partial charge is 0.363 e. The molecule has 0 bridgehead atoms. The van der Waals surface area contributed by atoms with Gasteiger partial charge in [-0.15, -0.1) is 11.3 Å². The first-order valence-electron chi connectivity index (χ1n) is 7.02. The van der Waals surface area contributed by atoms with Crippen molar-refractivity contribution in [2.24, 2.45) is 0 Å². The quantitative estimate of drug-likeness (QED) is 0.533. The van der Waals surface area contributed by atoms with Crippen LogP contribution in [-0.2, 0) is 0 Å². The first-order chi connectivity index (χ1) is 11.7. The summed E-state index contributed by atoms with van der Waals surface area (Å²) >= 11 is 1.29. The van der Waals surface area contributed by atoms with Gasteiger partial charge in [-0.25, -0.2) is 14.2 Å². The standard InChI is InChI=1S/C17H10FNO4S/c18-11-3-1-10(2-4-11)16-19-13(8-24-16)17(20)23-12-5-6-14-15(7-12)22-9-21-14/h1-8H,9H2. The molecule has 1 aliphatic rings. The van der Waals surface area contributed by atoms with Crippen molar-refractivity contribution in [3.8, 4) is 27.8 Å². The molecule has 1 aliphatic heterocycles. The molecule has 0 aliphatic carbocycles. The zero-order valence-corrected chi connectivity index (χ0v) is 13.0. The van der Waals surface area contributed by atoms with Gasteiger partial charge in [0.25, 0.3) is 0 Å². The van der Waals surface area contributed by atoms with Crippen molar-refractivity contribution in [3.05, 3.63) is 59.4 Å². The molecule has 2 aromatic carbocycles. The number of nitrogens with zero attached hydrogens (tertiary/aromatic N) is 1. The molecule has 0 unspecified atom stereocenters. The molecule has 5 nitrogen and oxygen atoms in total. The lowest BCUT2D eigenvalue weighted by atomic mass is 10.2. The number of hydrogen-bond acceptors (Lipinski definition) is 6. The summed E-state index contributed by atoms with van der Waals surface area (Å²) < 4.78 is 28.7. The highest BCUT2D eigenvalue weighted by Crippen LogP contribution is 2.35. The molecule has 7 heteroatoms. The van der Waals surface area contributed by atoms with Crippen molar-refractivity contribution in [2.75, 3.05) is 6.79 Å². The first kappa shape index (κ1) is 14.6. The number of ether oxygens (including phenoxy) is 3. The highest BCUT2D eigenvalue weighted by atomic mass is 32.1. The van der Waals surface area contributed by atoms with E-state index in [-0.39, 0.29) is 18.3 Å². The number of carbonyl (C=O) groups excluding carboxylic acids is 1. The van der Waals surface area contributed by atoms with Crippen molar-refractivity contribution >= 4 is 17.3 Å². The summed E-state index contributed by atoms with van der Waals surface area (Å²) in [5.74, 6) is 0.601. The van der Waals surface area contributed by atoms with E-state index in [1.54, 1.807) is 35.7 Å². The van der Waals surface area contributed by atoms with E-state index in [1.807, 2.05) is 0 Å². The Morgan fingerprint density at radius 3 is 2.75 bits per heavy atom. The molecule has 0 atom stereocenters. The van der Waals surface area contributed by atoms with Crippen molar-refractivity contribution in [3.63, 3.8) is 0 Å².